The highest BCUT2D eigenvalue weighted by atomic mass is 79.9. The van der Waals surface area contributed by atoms with Gasteiger partial charge < -0.3 is 9.64 Å². The molecule has 0 atom stereocenters. The highest BCUT2D eigenvalue weighted by Crippen LogP contribution is 2.30. The Morgan fingerprint density at radius 2 is 2.11 bits per heavy atom. The first-order valence-electron chi connectivity index (χ1n) is 6.16. The van der Waals surface area contributed by atoms with Gasteiger partial charge in [0.15, 0.2) is 0 Å². The number of methoxy groups -OCH3 is 1. The Balaban J connectivity index is 2.17. The third-order valence-electron chi connectivity index (χ3n) is 3.18. The molecule has 1 aliphatic carbocycles. The molecule has 0 radical (unpaired) electrons. The number of halogens is 1. The molecular formula is C14H16BrNO3. The minimum absolute atomic E-state index is 0.296. The van der Waals surface area contributed by atoms with E-state index in [2.05, 4.69) is 15.9 Å². The minimum Gasteiger partial charge on any atom is -0.496 e. The maximum Gasteiger partial charge on any atom is 0.294 e. The molecule has 4 nitrogen and oxygen atoms in total. The number of Topliss-reactive ketones (excluding diaryl/α,β-unsaturated/α-hetero) is 1. The molecule has 102 valence electrons. The lowest BCUT2D eigenvalue weighted by Crippen LogP contribution is -2.35. The smallest absolute Gasteiger partial charge is 0.294 e. The van der Waals surface area contributed by atoms with Gasteiger partial charge in [-0.2, -0.15) is 0 Å². The Bertz CT molecular complexity index is 511. The minimum atomic E-state index is -0.527. The van der Waals surface area contributed by atoms with E-state index in [0.717, 1.165) is 17.3 Å². The van der Waals surface area contributed by atoms with Gasteiger partial charge in [0.05, 0.1) is 12.7 Å². The molecule has 1 fully saturated rings. The van der Waals surface area contributed by atoms with Gasteiger partial charge in [-0.05, 0) is 37.0 Å². The number of amides is 1. The summed E-state index contributed by atoms with van der Waals surface area (Å²) < 4.78 is 5.88. The van der Waals surface area contributed by atoms with Crippen molar-refractivity contribution < 1.29 is 14.3 Å². The summed E-state index contributed by atoms with van der Waals surface area (Å²) in [5, 5.41) is 0. The number of rotatable bonds is 5. The van der Waals surface area contributed by atoms with Crippen LogP contribution in [0.1, 0.15) is 23.2 Å². The van der Waals surface area contributed by atoms with Gasteiger partial charge in [0.25, 0.3) is 11.7 Å². The van der Waals surface area contributed by atoms with Crippen molar-refractivity contribution in [1.82, 2.24) is 4.90 Å². The van der Waals surface area contributed by atoms with Crippen molar-refractivity contribution in [2.24, 2.45) is 5.92 Å². The van der Waals surface area contributed by atoms with E-state index in [4.69, 9.17) is 4.74 Å². The Hall–Kier alpha value is -1.36. The van der Waals surface area contributed by atoms with Crippen LogP contribution in [-0.2, 0) is 4.79 Å². The lowest BCUT2D eigenvalue weighted by atomic mass is 10.1. The van der Waals surface area contributed by atoms with E-state index in [-0.39, 0.29) is 0 Å². The van der Waals surface area contributed by atoms with E-state index in [0.29, 0.717) is 23.8 Å². The summed E-state index contributed by atoms with van der Waals surface area (Å²) in [4.78, 5) is 25.8. The van der Waals surface area contributed by atoms with E-state index >= 15 is 0 Å². The molecule has 1 saturated carbocycles. The van der Waals surface area contributed by atoms with Gasteiger partial charge in [0.1, 0.15) is 5.75 Å². The highest BCUT2D eigenvalue weighted by Gasteiger charge is 2.29. The van der Waals surface area contributed by atoms with Gasteiger partial charge in [-0.3, -0.25) is 9.59 Å². The molecule has 19 heavy (non-hydrogen) atoms. The van der Waals surface area contributed by atoms with E-state index in [1.54, 1.807) is 25.2 Å². The van der Waals surface area contributed by atoms with Gasteiger partial charge >= 0.3 is 0 Å². The molecular weight excluding hydrogens is 310 g/mol. The van der Waals surface area contributed by atoms with Gasteiger partial charge in [0, 0.05) is 18.1 Å². The number of hydrogen-bond acceptors (Lipinski definition) is 3. The first-order chi connectivity index (χ1) is 9.02. The van der Waals surface area contributed by atoms with Crippen LogP contribution in [-0.4, -0.2) is 37.3 Å². The average molecular weight is 326 g/mol. The molecule has 5 heteroatoms. The highest BCUT2D eigenvalue weighted by molar-refractivity contribution is 9.10. The lowest BCUT2D eigenvalue weighted by molar-refractivity contribution is -0.125. The number of carbonyl (C=O) groups is 2. The second-order valence-corrected chi connectivity index (χ2v) is 5.72. The summed E-state index contributed by atoms with van der Waals surface area (Å²) >= 11 is 3.30. The van der Waals surface area contributed by atoms with Crippen molar-refractivity contribution in [2.45, 2.75) is 12.8 Å². The molecule has 0 aromatic heterocycles. The van der Waals surface area contributed by atoms with Crippen molar-refractivity contribution in [1.29, 1.82) is 0 Å². The second-order valence-electron chi connectivity index (χ2n) is 4.80. The van der Waals surface area contributed by atoms with Gasteiger partial charge in [-0.25, -0.2) is 0 Å². The van der Waals surface area contributed by atoms with Crippen LogP contribution in [0.3, 0.4) is 0 Å². The molecule has 1 aromatic carbocycles. The summed E-state index contributed by atoms with van der Waals surface area (Å²) in [6.07, 6.45) is 2.29. The molecule has 0 bridgehead atoms. The molecule has 0 heterocycles. The monoisotopic (exact) mass is 325 g/mol. The molecule has 2 rings (SSSR count). The third kappa shape index (κ3) is 3.35. The van der Waals surface area contributed by atoms with Crippen molar-refractivity contribution in [3.05, 3.63) is 28.2 Å². The Morgan fingerprint density at radius 3 is 2.68 bits per heavy atom. The maximum atomic E-state index is 12.2. The molecule has 0 spiro atoms. The van der Waals surface area contributed by atoms with Crippen molar-refractivity contribution in [3.8, 4) is 5.75 Å². The van der Waals surface area contributed by atoms with Gasteiger partial charge in [-0.1, -0.05) is 15.9 Å². The van der Waals surface area contributed by atoms with Crippen LogP contribution in [0.2, 0.25) is 0 Å². The lowest BCUT2D eigenvalue weighted by Gasteiger charge is -2.16. The standard InChI is InChI=1S/C14H16BrNO3/c1-16(8-9-3-4-9)14(18)13(17)11-7-10(15)5-6-12(11)19-2/h5-7,9H,3-4,8H2,1-2H3. The number of ketones is 1. The first kappa shape index (κ1) is 14.1. The molecule has 0 saturated heterocycles. The second kappa shape index (κ2) is 5.74. The molecule has 0 aliphatic heterocycles. The molecule has 1 aromatic rings. The number of likely N-dealkylation sites (N-methyl/N-ethyl adjacent to an activating group) is 1. The number of carbonyl (C=O) groups excluding carboxylic acids is 2. The Morgan fingerprint density at radius 1 is 1.42 bits per heavy atom. The van der Waals surface area contributed by atoms with Crippen LogP contribution in [0.15, 0.2) is 22.7 Å². The average Bonchev–Trinajstić information content (AvgIpc) is 3.20. The van der Waals surface area contributed by atoms with E-state index in [1.165, 1.54) is 12.0 Å². The summed E-state index contributed by atoms with van der Waals surface area (Å²) in [5.41, 5.74) is 0.296. The van der Waals surface area contributed by atoms with Crippen LogP contribution in [0.4, 0.5) is 0 Å². The molecule has 1 amide bonds. The number of hydrogen-bond donors (Lipinski definition) is 0. The predicted octanol–water partition coefficient (Wildman–Crippen LogP) is 2.51. The Labute approximate surface area is 120 Å². The van der Waals surface area contributed by atoms with Gasteiger partial charge in [0.2, 0.25) is 0 Å². The van der Waals surface area contributed by atoms with Crippen molar-refractivity contribution in [2.75, 3.05) is 20.7 Å². The fourth-order valence-electron chi connectivity index (χ4n) is 1.92. The van der Waals surface area contributed by atoms with Crippen LogP contribution < -0.4 is 4.74 Å². The SMILES string of the molecule is COc1ccc(Br)cc1C(=O)C(=O)N(C)CC1CC1. The zero-order chi connectivity index (χ0) is 14.0. The van der Waals surface area contributed by atoms with Crippen molar-refractivity contribution in [3.63, 3.8) is 0 Å². The largest absolute Gasteiger partial charge is 0.496 e. The van der Waals surface area contributed by atoms with Gasteiger partial charge in [-0.15, -0.1) is 0 Å². The molecule has 0 N–H and O–H groups in total. The fraction of sp³-hybridized carbons (Fsp3) is 0.429. The van der Waals surface area contributed by atoms with E-state index < -0.39 is 11.7 Å². The van der Waals surface area contributed by atoms with Crippen LogP contribution in [0.5, 0.6) is 5.75 Å². The quantitative estimate of drug-likeness (QED) is 0.617. The topological polar surface area (TPSA) is 46.6 Å². The summed E-state index contributed by atoms with van der Waals surface area (Å²) in [5.74, 6) is -0.0304. The van der Waals surface area contributed by atoms with E-state index in [9.17, 15) is 9.59 Å². The van der Waals surface area contributed by atoms with Crippen molar-refractivity contribution >= 4 is 27.6 Å². The first-order valence-corrected chi connectivity index (χ1v) is 6.95. The molecule has 0 unspecified atom stereocenters. The fourth-order valence-corrected chi connectivity index (χ4v) is 2.28. The zero-order valence-electron chi connectivity index (χ0n) is 11.0. The molecule has 1 aliphatic rings. The predicted molar refractivity (Wildman–Crippen MR) is 75.4 cm³/mol. The Kier molecular flexibility index (Phi) is 4.24. The summed E-state index contributed by atoms with van der Waals surface area (Å²) in [6, 6.07) is 5.06. The number of nitrogens with zero attached hydrogens (tertiary/aromatic N) is 1. The normalized spacial score (nSPS) is 14.1. The van der Waals surface area contributed by atoms with Crippen LogP contribution in [0.25, 0.3) is 0 Å². The number of benzene rings is 1. The number of ether oxygens (including phenoxy) is 1. The van der Waals surface area contributed by atoms with Crippen LogP contribution >= 0.6 is 15.9 Å². The summed E-state index contributed by atoms with van der Waals surface area (Å²) in [7, 11) is 3.15. The van der Waals surface area contributed by atoms with Crippen LogP contribution in [0, 0.1) is 5.92 Å². The van der Waals surface area contributed by atoms with E-state index in [1.807, 2.05) is 0 Å². The third-order valence-corrected chi connectivity index (χ3v) is 3.67. The maximum absolute atomic E-state index is 12.2. The summed E-state index contributed by atoms with van der Waals surface area (Å²) in [6.45, 7) is 0.654. The zero-order valence-corrected chi connectivity index (χ0v) is 12.6.